The molecule has 1 atom stereocenters. The van der Waals surface area contributed by atoms with Gasteiger partial charge in [0.05, 0.1) is 13.2 Å². The first-order valence-corrected chi connectivity index (χ1v) is 7.77. The van der Waals surface area contributed by atoms with Gasteiger partial charge >= 0.3 is 6.03 Å². The average molecular weight is 335 g/mol. The van der Waals surface area contributed by atoms with E-state index in [2.05, 4.69) is 5.32 Å². The first-order chi connectivity index (χ1) is 11.5. The van der Waals surface area contributed by atoms with E-state index in [1.54, 1.807) is 17.0 Å². The Labute approximate surface area is 138 Å². The monoisotopic (exact) mass is 335 g/mol. The number of carbonyl (C=O) groups is 3. The van der Waals surface area contributed by atoms with E-state index in [9.17, 15) is 18.8 Å². The second-order valence-corrected chi connectivity index (χ2v) is 5.71. The summed E-state index contributed by atoms with van der Waals surface area (Å²) >= 11 is 0. The summed E-state index contributed by atoms with van der Waals surface area (Å²) in [4.78, 5) is 38.4. The van der Waals surface area contributed by atoms with Crippen molar-refractivity contribution in [2.45, 2.75) is 12.5 Å². The Kier molecular flexibility index (Phi) is 4.75. The zero-order valence-electron chi connectivity index (χ0n) is 13.0. The van der Waals surface area contributed by atoms with Crippen LogP contribution in [0.5, 0.6) is 0 Å². The molecule has 3 rings (SSSR count). The highest BCUT2D eigenvalue weighted by Gasteiger charge is 2.31. The van der Waals surface area contributed by atoms with Crippen molar-refractivity contribution >= 4 is 17.8 Å². The molecule has 7 nitrogen and oxygen atoms in total. The maximum absolute atomic E-state index is 13.0. The highest BCUT2D eigenvalue weighted by molar-refractivity contribution is 6.00. The summed E-state index contributed by atoms with van der Waals surface area (Å²) in [7, 11) is 0. The van der Waals surface area contributed by atoms with Gasteiger partial charge in [-0.05, 0) is 17.7 Å². The van der Waals surface area contributed by atoms with Crippen LogP contribution in [0.25, 0.3) is 0 Å². The number of amides is 4. The molecule has 1 aromatic carbocycles. The minimum absolute atomic E-state index is 0.195. The standard InChI is InChI=1S/C16H18FN3O4/c17-12-3-1-11(2-4-12)13-9-19(7-8-24-13)15(22)10-20-14(21)5-6-18-16(20)23/h1-4,13H,5-10H2,(H,18,23)/t13-/m1/s1. The third-order valence-corrected chi connectivity index (χ3v) is 4.12. The van der Waals surface area contributed by atoms with E-state index in [0.717, 1.165) is 10.5 Å². The number of halogens is 1. The maximum Gasteiger partial charge on any atom is 0.324 e. The Morgan fingerprint density at radius 2 is 2.04 bits per heavy atom. The summed E-state index contributed by atoms with van der Waals surface area (Å²) in [6.45, 7) is 1.05. The second kappa shape index (κ2) is 6.96. The largest absolute Gasteiger partial charge is 0.370 e. The number of carbonyl (C=O) groups excluding carboxylic acids is 3. The van der Waals surface area contributed by atoms with Gasteiger partial charge in [0.25, 0.3) is 0 Å². The molecule has 0 radical (unpaired) electrons. The molecule has 4 amide bonds. The lowest BCUT2D eigenvalue weighted by atomic mass is 10.1. The number of hydrogen-bond acceptors (Lipinski definition) is 4. The lowest BCUT2D eigenvalue weighted by molar-refractivity contribution is -0.143. The van der Waals surface area contributed by atoms with E-state index in [-0.39, 0.29) is 36.7 Å². The molecule has 2 saturated heterocycles. The number of hydrogen-bond donors (Lipinski definition) is 1. The van der Waals surface area contributed by atoms with Gasteiger partial charge in [0.1, 0.15) is 18.5 Å². The Morgan fingerprint density at radius 1 is 1.29 bits per heavy atom. The molecule has 0 bridgehead atoms. The fourth-order valence-corrected chi connectivity index (χ4v) is 2.77. The molecule has 24 heavy (non-hydrogen) atoms. The van der Waals surface area contributed by atoms with Crippen LogP contribution in [0.15, 0.2) is 24.3 Å². The van der Waals surface area contributed by atoms with Gasteiger partial charge in [0, 0.05) is 19.5 Å². The summed E-state index contributed by atoms with van der Waals surface area (Å²) in [6, 6.07) is 5.39. The topological polar surface area (TPSA) is 79.0 Å². The van der Waals surface area contributed by atoms with Crippen molar-refractivity contribution in [3.8, 4) is 0 Å². The van der Waals surface area contributed by atoms with Crippen molar-refractivity contribution < 1.29 is 23.5 Å². The average Bonchev–Trinajstić information content (AvgIpc) is 2.59. The van der Waals surface area contributed by atoms with Gasteiger partial charge in [-0.15, -0.1) is 0 Å². The van der Waals surface area contributed by atoms with Crippen LogP contribution in [0.2, 0.25) is 0 Å². The number of nitrogens with zero attached hydrogens (tertiary/aromatic N) is 2. The predicted octanol–water partition coefficient (Wildman–Crippen LogP) is 0.667. The van der Waals surface area contributed by atoms with Crippen molar-refractivity contribution in [3.05, 3.63) is 35.6 Å². The second-order valence-electron chi connectivity index (χ2n) is 5.71. The number of urea groups is 1. The van der Waals surface area contributed by atoms with Crippen molar-refractivity contribution in [1.29, 1.82) is 0 Å². The van der Waals surface area contributed by atoms with E-state index >= 15 is 0 Å². The molecular formula is C16H18FN3O4. The van der Waals surface area contributed by atoms with E-state index in [4.69, 9.17) is 4.74 Å². The van der Waals surface area contributed by atoms with E-state index in [1.807, 2.05) is 0 Å². The van der Waals surface area contributed by atoms with Gasteiger partial charge in [-0.25, -0.2) is 9.18 Å². The number of nitrogens with one attached hydrogen (secondary N) is 1. The fourth-order valence-electron chi connectivity index (χ4n) is 2.77. The van der Waals surface area contributed by atoms with Crippen molar-refractivity contribution in [2.24, 2.45) is 0 Å². The lowest BCUT2D eigenvalue weighted by Crippen LogP contribution is -2.54. The van der Waals surface area contributed by atoms with Gasteiger partial charge in [0.2, 0.25) is 11.8 Å². The van der Waals surface area contributed by atoms with Crippen LogP contribution < -0.4 is 5.32 Å². The van der Waals surface area contributed by atoms with Crippen LogP contribution in [0.3, 0.4) is 0 Å². The van der Waals surface area contributed by atoms with Gasteiger partial charge in [-0.1, -0.05) is 12.1 Å². The summed E-state index contributed by atoms with van der Waals surface area (Å²) in [6.07, 6.45) is -0.158. The van der Waals surface area contributed by atoms with Crippen LogP contribution in [-0.4, -0.2) is 60.4 Å². The normalized spacial score (nSPS) is 21.6. The summed E-state index contributed by atoms with van der Waals surface area (Å²) in [5.74, 6) is -0.997. The molecule has 0 aromatic heterocycles. The van der Waals surface area contributed by atoms with E-state index < -0.39 is 6.03 Å². The fraction of sp³-hybridized carbons (Fsp3) is 0.438. The lowest BCUT2D eigenvalue weighted by Gasteiger charge is -2.34. The van der Waals surface area contributed by atoms with Crippen molar-refractivity contribution in [2.75, 3.05) is 32.8 Å². The van der Waals surface area contributed by atoms with Gasteiger partial charge < -0.3 is 15.0 Å². The highest BCUT2D eigenvalue weighted by atomic mass is 19.1. The molecule has 2 fully saturated rings. The van der Waals surface area contributed by atoms with Gasteiger partial charge in [-0.2, -0.15) is 0 Å². The molecule has 2 aliphatic rings. The quantitative estimate of drug-likeness (QED) is 0.880. The van der Waals surface area contributed by atoms with Crippen LogP contribution in [0, 0.1) is 5.82 Å². The maximum atomic E-state index is 13.0. The SMILES string of the molecule is O=C(CN1C(=O)CCNC1=O)N1CCO[C@@H](c2ccc(F)cc2)C1. The molecule has 8 heteroatoms. The molecule has 1 aromatic rings. The zero-order valence-corrected chi connectivity index (χ0v) is 13.0. The number of benzene rings is 1. The molecular weight excluding hydrogens is 317 g/mol. The number of rotatable bonds is 3. The summed E-state index contributed by atoms with van der Waals surface area (Å²) < 4.78 is 18.7. The Bertz CT molecular complexity index is 633. The number of imide groups is 1. The molecule has 1 N–H and O–H groups in total. The van der Waals surface area contributed by atoms with Gasteiger partial charge in [-0.3, -0.25) is 14.5 Å². The molecule has 128 valence electrons. The summed E-state index contributed by atoms with van der Waals surface area (Å²) in [5, 5.41) is 2.55. The number of morpholine rings is 1. The van der Waals surface area contributed by atoms with Crippen LogP contribution in [0.1, 0.15) is 18.1 Å². The predicted molar refractivity (Wildman–Crippen MR) is 81.4 cm³/mol. The number of ether oxygens (including phenoxy) is 1. The van der Waals surface area contributed by atoms with Crippen LogP contribution >= 0.6 is 0 Å². The zero-order chi connectivity index (χ0) is 17.1. The van der Waals surface area contributed by atoms with E-state index in [1.165, 1.54) is 12.1 Å². The first-order valence-electron chi connectivity index (χ1n) is 7.77. The Morgan fingerprint density at radius 3 is 2.75 bits per heavy atom. The van der Waals surface area contributed by atoms with Crippen molar-refractivity contribution in [1.82, 2.24) is 15.1 Å². The minimum Gasteiger partial charge on any atom is -0.370 e. The van der Waals surface area contributed by atoms with Crippen molar-refractivity contribution in [3.63, 3.8) is 0 Å². The van der Waals surface area contributed by atoms with Crippen LogP contribution in [-0.2, 0) is 14.3 Å². The third kappa shape index (κ3) is 3.53. The molecule has 2 aliphatic heterocycles. The van der Waals surface area contributed by atoms with Crippen LogP contribution in [0.4, 0.5) is 9.18 Å². The smallest absolute Gasteiger partial charge is 0.324 e. The summed E-state index contributed by atoms with van der Waals surface area (Å²) in [5.41, 5.74) is 0.778. The Balaban J connectivity index is 1.63. The Hall–Kier alpha value is -2.48. The first kappa shape index (κ1) is 16.4. The molecule has 0 spiro atoms. The van der Waals surface area contributed by atoms with E-state index in [0.29, 0.717) is 26.2 Å². The minimum atomic E-state index is -0.539. The molecule has 2 heterocycles. The molecule has 0 unspecified atom stereocenters. The highest BCUT2D eigenvalue weighted by Crippen LogP contribution is 2.22. The molecule has 0 aliphatic carbocycles. The third-order valence-electron chi connectivity index (χ3n) is 4.12. The molecule has 0 saturated carbocycles. The van der Waals surface area contributed by atoms with Gasteiger partial charge in [0.15, 0.2) is 0 Å².